The van der Waals surface area contributed by atoms with Gasteiger partial charge in [0, 0.05) is 13.1 Å². The molecule has 1 fully saturated rings. The first kappa shape index (κ1) is 10.8. The molecule has 1 aromatic heterocycles. The van der Waals surface area contributed by atoms with E-state index in [4.69, 9.17) is 0 Å². The lowest BCUT2D eigenvalue weighted by molar-refractivity contribution is 0.752. The van der Waals surface area contributed by atoms with Gasteiger partial charge in [-0.15, -0.1) is 0 Å². The number of imidazole rings is 1. The third-order valence-electron chi connectivity index (χ3n) is 3.81. The number of nitrogens with zero attached hydrogens (tertiary/aromatic N) is 2. The van der Waals surface area contributed by atoms with Crippen molar-refractivity contribution in [3.05, 3.63) is 29.6 Å². The Labute approximate surface area is 102 Å². The molecule has 3 heteroatoms. The molecular formula is C14H19N3. The van der Waals surface area contributed by atoms with Crippen LogP contribution >= 0.6 is 0 Å². The zero-order valence-electron chi connectivity index (χ0n) is 10.5. The molecule has 0 bridgehead atoms. The topological polar surface area (TPSA) is 29.9 Å². The van der Waals surface area contributed by atoms with Crippen molar-refractivity contribution < 1.29 is 0 Å². The van der Waals surface area contributed by atoms with Crippen molar-refractivity contribution in [1.29, 1.82) is 0 Å². The lowest BCUT2D eigenvalue weighted by atomic mass is 9.98. The Kier molecular flexibility index (Phi) is 2.63. The molecule has 2 aromatic rings. The molecule has 0 amide bonds. The summed E-state index contributed by atoms with van der Waals surface area (Å²) in [6.45, 7) is 7.50. The molecular weight excluding hydrogens is 210 g/mol. The van der Waals surface area contributed by atoms with Gasteiger partial charge < -0.3 is 9.88 Å². The zero-order valence-corrected chi connectivity index (χ0v) is 10.5. The van der Waals surface area contributed by atoms with Crippen LogP contribution in [0.3, 0.4) is 0 Å². The number of aromatic nitrogens is 2. The first-order valence-corrected chi connectivity index (χ1v) is 6.47. The molecule has 3 rings (SSSR count). The molecule has 17 heavy (non-hydrogen) atoms. The summed E-state index contributed by atoms with van der Waals surface area (Å²) in [7, 11) is 0. The maximum Gasteiger partial charge on any atom is 0.106 e. The van der Waals surface area contributed by atoms with Gasteiger partial charge in [0.15, 0.2) is 0 Å². The molecule has 90 valence electrons. The van der Waals surface area contributed by atoms with Crippen molar-refractivity contribution in [2.24, 2.45) is 0 Å². The quantitative estimate of drug-likeness (QED) is 0.857. The predicted octanol–water partition coefficient (Wildman–Crippen LogP) is 2.44. The molecule has 3 nitrogen and oxygen atoms in total. The lowest BCUT2D eigenvalue weighted by Crippen LogP contribution is -2.07. The molecule has 1 atom stereocenters. The van der Waals surface area contributed by atoms with Gasteiger partial charge in [-0.3, -0.25) is 0 Å². The molecule has 1 N–H and O–H groups in total. The Morgan fingerprint density at radius 1 is 1.47 bits per heavy atom. The number of hydrogen-bond donors (Lipinski definition) is 1. The van der Waals surface area contributed by atoms with E-state index in [-0.39, 0.29) is 0 Å². The fourth-order valence-corrected chi connectivity index (χ4v) is 2.86. The average molecular weight is 229 g/mol. The van der Waals surface area contributed by atoms with Crippen LogP contribution in [0.1, 0.15) is 30.7 Å². The summed E-state index contributed by atoms with van der Waals surface area (Å²) in [5.41, 5.74) is 3.84. The van der Waals surface area contributed by atoms with Gasteiger partial charge >= 0.3 is 0 Å². The van der Waals surface area contributed by atoms with Crippen molar-refractivity contribution in [1.82, 2.24) is 14.9 Å². The van der Waals surface area contributed by atoms with Gasteiger partial charge in [0.1, 0.15) is 5.82 Å². The van der Waals surface area contributed by atoms with Crippen molar-refractivity contribution in [2.45, 2.75) is 32.7 Å². The molecule has 0 radical (unpaired) electrons. The summed E-state index contributed by atoms with van der Waals surface area (Å²) >= 11 is 0. The molecule has 0 spiro atoms. The minimum Gasteiger partial charge on any atom is -0.329 e. The third kappa shape index (κ3) is 1.75. The van der Waals surface area contributed by atoms with Crippen molar-refractivity contribution in [3.8, 4) is 0 Å². The smallest absolute Gasteiger partial charge is 0.106 e. The second kappa shape index (κ2) is 4.15. The molecule has 1 aliphatic heterocycles. The van der Waals surface area contributed by atoms with Crippen LogP contribution in [-0.2, 0) is 6.54 Å². The maximum atomic E-state index is 4.66. The first-order valence-electron chi connectivity index (χ1n) is 6.47. The molecule has 1 aromatic carbocycles. The summed E-state index contributed by atoms with van der Waals surface area (Å²) in [4.78, 5) is 4.66. The first-order chi connectivity index (χ1) is 8.29. The van der Waals surface area contributed by atoms with E-state index in [2.05, 4.69) is 46.9 Å². The van der Waals surface area contributed by atoms with Gasteiger partial charge in [0.25, 0.3) is 0 Å². The monoisotopic (exact) mass is 229 g/mol. The molecule has 0 aliphatic carbocycles. The maximum absolute atomic E-state index is 4.66. The van der Waals surface area contributed by atoms with Crippen molar-refractivity contribution in [3.63, 3.8) is 0 Å². The second-order valence-corrected chi connectivity index (χ2v) is 4.84. The van der Waals surface area contributed by atoms with E-state index < -0.39 is 0 Å². The number of rotatable bonds is 2. The van der Waals surface area contributed by atoms with Gasteiger partial charge in [0.2, 0.25) is 0 Å². The third-order valence-corrected chi connectivity index (χ3v) is 3.81. The molecule has 1 unspecified atom stereocenters. The minimum atomic E-state index is 0.673. The van der Waals surface area contributed by atoms with E-state index in [9.17, 15) is 0 Å². The largest absolute Gasteiger partial charge is 0.329 e. The number of hydrogen-bond acceptors (Lipinski definition) is 2. The summed E-state index contributed by atoms with van der Waals surface area (Å²) in [5.74, 6) is 1.79. The van der Waals surface area contributed by atoms with Gasteiger partial charge in [-0.05, 0) is 50.4 Å². The Morgan fingerprint density at radius 2 is 2.35 bits per heavy atom. The highest BCUT2D eigenvalue weighted by molar-refractivity contribution is 5.77. The summed E-state index contributed by atoms with van der Waals surface area (Å²) in [5, 5.41) is 3.42. The van der Waals surface area contributed by atoms with Crippen LogP contribution in [0.4, 0.5) is 0 Å². The lowest BCUT2D eigenvalue weighted by Gasteiger charge is -2.08. The van der Waals surface area contributed by atoms with Crippen molar-refractivity contribution >= 4 is 11.0 Å². The summed E-state index contributed by atoms with van der Waals surface area (Å²) in [6, 6.07) is 6.77. The van der Waals surface area contributed by atoms with E-state index in [1.54, 1.807) is 0 Å². The van der Waals surface area contributed by atoms with E-state index in [1.165, 1.54) is 17.5 Å². The Bertz CT molecular complexity index is 536. The molecule has 0 saturated carbocycles. The van der Waals surface area contributed by atoms with E-state index in [1.807, 2.05) is 0 Å². The normalized spacial score (nSPS) is 20.2. The van der Waals surface area contributed by atoms with E-state index in [0.29, 0.717) is 5.92 Å². The van der Waals surface area contributed by atoms with Crippen LogP contribution in [-0.4, -0.2) is 22.6 Å². The van der Waals surface area contributed by atoms with Crippen LogP contribution in [0.25, 0.3) is 11.0 Å². The number of benzene rings is 1. The van der Waals surface area contributed by atoms with Gasteiger partial charge in [-0.1, -0.05) is 6.07 Å². The van der Waals surface area contributed by atoms with Gasteiger partial charge in [0.05, 0.1) is 11.0 Å². The number of nitrogens with one attached hydrogen (secondary N) is 1. The van der Waals surface area contributed by atoms with E-state index in [0.717, 1.165) is 31.0 Å². The van der Waals surface area contributed by atoms with Crippen LogP contribution < -0.4 is 5.32 Å². The molecule has 1 saturated heterocycles. The Morgan fingerprint density at radius 3 is 3.06 bits per heavy atom. The Hall–Kier alpha value is -1.35. The number of fused-ring (bicyclic) bond motifs is 1. The van der Waals surface area contributed by atoms with Gasteiger partial charge in [-0.25, -0.2) is 4.98 Å². The van der Waals surface area contributed by atoms with Crippen LogP contribution in [0.15, 0.2) is 18.2 Å². The second-order valence-electron chi connectivity index (χ2n) is 4.84. The molecule has 1 aliphatic rings. The van der Waals surface area contributed by atoms with Crippen LogP contribution in [0, 0.1) is 6.92 Å². The SMILES string of the molecule is CCn1c(C)nc2cc(C3CCNC3)ccc21. The minimum absolute atomic E-state index is 0.673. The van der Waals surface area contributed by atoms with Gasteiger partial charge in [-0.2, -0.15) is 0 Å². The van der Waals surface area contributed by atoms with Crippen molar-refractivity contribution in [2.75, 3.05) is 13.1 Å². The van der Waals surface area contributed by atoms with E-state index >= 15 is 0 Å². The highest BCUT2D eigenvalue weighted by Crippen LogP contribution is 2.26. The van der Waals surface area contributed by atoms with Crippen LogP contribution in [0.2, 0.25) is 0 Å². The Balaban J connectivity index is 2.07. The van der Waals surface area contributed by atoms with Crippen LogP contribution in [0.5, 0.6) is 0 Å². The summed E-state index contributed by atoms with van der Waals surface area (Å²) < 4.78 is 2.27. The fraction of sp³-hybridized carbons (Fsp3) is 0.500. The zero-order chi connectivity index (χ0) is 11.8. The summed E-state index contributed by atoms with van der Waals surface area (Å²) in [6.07, 6.45) is 1.25. The number of aryl methyl sites for hydroxylation is 2. The average Bonchev–Trinajstić information content (AvgIpc) is 2.93. The molecule has 2 heterocycles. The fourth-order valence-electron chi connectivity index (χ4n) is 2.86. The standard InChI is InChI=1S/C14H19N3/c1-3-17-10(2)16-13-8-11(4-5-14(13)17)12-6-7-15-9-12/h4-5,8,12,15H,3,6-7,9H2,1-2H3. The highest BCUT2D eigenvalue weighted by atomic mass is 15.1. The predicted molar refractivity (Wildman–Crippen MR) is 70.4 cm³/mol. The highest BCUT2D eigenvalue weighted by Gasteiger charge is 2.17.